The summed E-state index contributed by atoms with van der Waals surface area (Å²) in [5, 5.41) is 11.4. The van der Waals surface area contributed by atoms with Gasteiger partial charge in [0.1, 0.15) is 5.58 Å². The van der Waals surface area contributed by atoms with Gasteiger partial charge in [-0.05, 0) is 104 Å². The smallest absolute Gasteiger partial charge is 0.213 e. The van der Waals surface area contributed by atoms with E-state index in [1.54, 1.807) is 0 Å². The maximum absolute atomic E-state index is 6.55. The van der Waals surface area contributed by atoms with E-state index in [0.717, 1.165) is 39.0 Å². The summed E-state index contributed by atoms with van der Waals surface area (Å²) < 4.78 is 11.3. The molecule has 0 amide bonds. The lowest BCUT2D eigenvalue weighted by Crippen LogP contribution is -2.74. The molecule has 0 aliphatic carbocycles. The second-order valence-corrected chi connectivity index (χ2v) is 21.1. The maximum Gasteiger partial charge on any atom is 0.213 e. The van der Waals surface area contributed by atoms with Crippen molar-refractivity contribution in [1.29, 1.82) is 0 Å². The summed E-state index contributed by atoms with van der Waals surface area (Å²) in [6.07, 6.45) is 0. The van der Waals surface area contributed by atoms with E-state index in [1.807, 2.05) is 6.07 Å². The Balaban J connectivity index is 0.913. The molecule has 310 valence electrons. The Labute approximate surface area is 383 Å². The molecule has 0 atom stereocenters. The first-order chi connectivity index (χ1) is 32.7. The lowest BCUT2D eigenvalue weighted by molar-refractivity contribution is 0.645. The number of para-hydroxylation sites is 3. The molecule has 0 unspecified atom stereocenters. The van der Waals surface area contributed by atoms with Crippen molar-refractivity contribution in [3.63, 3.8) is 0 Å². The number of rotatable bonds is 8. The summed E-state index contributed by atoms with van der Waals surface area (Å²) in [6.45, 7) is 0. The number of benzene rings is 10. The molecule has 0 saturated heterocycles. The van der Waals surface area contributed by atoms with Gasteiger partial charge in [0.2, 0.25) is 5.71 Å². The highest BCUT2D eigenvalue weighted by atomic mass is 28.3. The van der Waals surface area contributed by atoms with Crippen LogP contribution in [0.1, 0.15) is 0 Å². The first-order valence-corrected chi connectivity index (χ1v) is 24.7. The fourth-order valence-electron chi connectivity index (χ4n) is 10.7. The molecule has 0 aliphatic rings. The minimum Gasteiger partial charge on any atom is -0.439 e. The molecular formula is C62H42N2OSi. The third-order valence-corrected chi connectivity index (χ3v) is 18.5. The molecule has 0 N–H and O–H groups in total. The zero-order valence-corrected chi connectivity index (χ0v) is 37.1. The Kier molecular flexibility index (Phi) is 8.86. The van der Waals surface area contributed by atoms with E-state index >= 15 is 0 Å². The molecule has 0 fully saturated rings. The summed E-state index contributed by atoms with van der Waals surface area (Å²) >= 11 is 0. The largest absolute Gasteiger partial charge is 0.439 e. The molecule has 3 aromatic heterocycles. The summed E-state index contributed by atoms with van der Waals surface area (Å²) in [5.41, 5.74) is 12.2. The van der Waals surface area contributed by atoms with Gasteiger partial charge in [0.05, 0.1) is 21.9 Å². The Bertz CT molecular complexity index is 3810. The van der Waals surface area contributed by atoms with Crippen molar-refractivity contribution >= 4 is 83.6 Å². The van der Waals surface area contributed by atoms with Crippen LogP contribution in [-0.2, 0) is 0 Å². The highest BCUT2D eigenvalue weighted by molar-refractivity contribution is 7.19. The zero-order chi connectivity index (χ0) is 43.6. The topological polar surface area (TPSA) is 23.0 Å². The van der Waals surface area contributed by atoms with Crippen molar-refractivity contribution in [3.05, 3.63) is 255 Å². The normalized spacial score (nSPS) is 11.9. The van der Waals surface area contributed by atoms with E-state index in [1.165, 1.54) is 70.2 Å². The van der Waals surface area contributed by atoms with E-state index in [9.17, 15) is 0 Å². The minimum absolute atomic E-state index is 0.871. The van der Waals surface area contributed by atoms with Crippen LogP contribution in [0.4, 0.5) is 0 Å². The number of aromatic nitrogens is 2. The summed E-state index contributed by atoms with van der Waals surface area (Å²) in [4.78, 5) is 0. The van der Waals surface area contributed by atoms with Crippen LogP contribution in [0.15, 0.2) is 259 Å². The average molecular weight is 859 g/mol. The molecular weight excluding hydrogens is 817 g/mol. The molecule has 0 saturated carbocycles. The van der Waals surface area contributed by atoms with Gasteiger partial charge < -0.3 is 8.98 Å². The molecule has 4 heteroatoms. The highest BCUT2D eigenvalue weighted by Gasteiger charge is 2.41. The van der Waals surface area contributed by atoms with Crippen molar-refractivity contribution in [1.82, 2.24) is 9.13 Å². The number of nitrogens with zero attached hydrogens (tertiary/aromatic N) is 2. The molecule has 10 aromatic carbocycles. The Morgan fingerprint density at radius 1 is 0.288 bits per heavy atom. The van der Waals surface area contributed by atoms with E-state index in [-0.39, 0.29) is 0 Å². The molecule has 0 bridgehead atoms. The quantitative estimate of drug-likeness (QED) is 0.110. The van der Waals surface area contributed by atoms with Crippen LogP contribution < -0.4 is 20.7 Å². The third kappa shape index (κ3) is 5.89. The molecule has 66 heavy (non-hydrogen) atoms. The number of fused-ring (bicyclic) bond motifs is 8. The molecule has 0 radical (unpaired) electrons. The second kappa shape index (κ2) is 15.4. The van der Waals surface area contributed by atoms with Gasteiger partial charge in [-0.15, -0.1) is 0 Å². The number of hydrogen-bond acceptors (Lipinski definition) is 1. The maximum atomic E-state index is 6.55. The van der Waals surface area contributed by atoms with Crippen LogP contribution in [0, 0.1) is 0 Å². The van der Waals surface area contributed by atoms with Gasteiger partial charge in [-0.25, -0.2) is 0 Å². The van der Waals surface area contributed by atoms with Crippen LogP contribution in [0.3, 0.4) is 0 Å². The predicted molar refractivity (Wildman–Crippen MR) is 279 cm³/mol. The van der Waals surface area contributed by atoms with Gasteiger partial charge in [0.15, 0.2) is 8.07 Å². The van der Waals surface area contributed by atoms with Gasteiger partial charge in [0.25, 0.3) is 0 Å². The molecule has 3 nitrogen and oxygen atoms in total. The predicted octanol–water partition coefficient (Wildman–Crippen LogP) is 13.3. The fourth-order valence-corrected chi connectivity index (χ4v) is 15.5. The number of hydrogen-bond donors (Lipinski definition) is 0. The van der Waals surface area contributed by atoms with Crippen LogP contribution >= 0.6 is 0 Å². The van der Waals surface area contributed by atoms with Crippen molar-refractivity contribution in [2.24, 2.45) is 0 Å². The van der Waals surface area contributed by atoms with Crippen molar-refractivity contribution in [2.75, 3.05) is 0 Å². The lowest BCUT2D eigenvalue weighted by Gasteiger charge is -2.34. The fraction of sp³-hybridized carbons (Fsp3) is 0. The van der Waals surface area contributed by atoms with Gasteiger partial charge >= 0.3 is 0 Å². The Hall–Kier alpha value is -8.44. The molecule has 0 aliphatic heterocycles. The van der Waals surface area contributed by atoms with E-state index < -0.39 is 8.07 Å². The van der Waals surface area contributed by atoms with Crippen molar-refractivity contribution < 1.29 is 4.42 Å². The zero-order valence-electron chi connectivity index (χ0n) is 36.1. The minimum atomic E-state index is -2.73. The summed E-state index contributed by atoms with van der Waals surface area (Å²) in [5.74, 6) is 0. The molecule has 3 heterocycles. The van der Waals surface area contributed by atoms with Gasteiger partial charge in [-0.2, -0.15) is 0 Å². The van der Waals surface area contributed by atoms with Crippen LogP contribution in [0.2, 0.25) is 0 Å². The Morgan fingerprint density at radius 2 is 0.742 bits per heavy atom. The van der Waals surface area contributed by atoms with E-state index in [0.29, 0.717) is 0 Å². The monoisotopic (exact) mass is 858 g/mol. The molecule has 0 spiro atoms. The second-order valence-electron chi connectivity index (χ2n) is 17.2. The van der Waals surface area contributed by atoms with Gasteiger partial charge in [0, 0.05) is 32.9 Å². The Morgan fingerprint density at radius 3 is 1.36 bits per heavy atom. The molecule has 13 aromatic rings. The lowest BCUT2D eigenvalue weighted by atomic mass is 9.98. The SMILES string of the molecule is c1ccc(-n2c3ccc(-c4ccc(-c5ccc6c(c5)c5ccccc5n6-c5cccc([Si](c6ccccc6)(c6ccccc6)c6ccccc6)c5)cc4)cc3c3c4ccccc4oc32)cc1. The molecule has 13 rings (SSSR count). The number of furan rings is 1. The third-order valence-electron chi connectivity index (χ3n) is 13.7. The standard InChI is InChI=1S/C62H42N2OSi/c1-5-18-47(19-6-1)64-59-39-37-46(41-56(59)61-54-29-14-16-31-60(54)65-62(61)64)44-34-32-43(33-35-44)45-36-38-58-55(40-45)53-28-13-15-30-57(53)63(58)48-20-17-27-52(42-48)66(49-21-7-2-8-22-49,50-23-9-3-10-24-50)51-25-11-4-12-26-51/h1-42H. The first kappa shape index (κ1) is 38.1. The van der Waals surface area contributed by atoms with Gasteiger partial charge in [-0.1, -0.05) is 194 Å². The average Bonchev–Trinajstić information content (AvgIpc) is 4.04. The van der Waals surface area contributed by atoms with Crippen molar-refractivity contribution in [3.8, 4) is 33.6 Å². The van der Waals surface area contributed by atoms with Crippen LogP contribution in [0.25, 0.3) is 88.4 Å². The first-order valence-electron chi connectivity index (χ1n) is 22.7. The van der Waals surface area contributed by atoms with Crippen LogP contribution in [-0.4, -0.2) is 17.2 Å². The van der Waals surface area contributed by atoms with Gasteiger partial charge in [-0.3, -0.25) is 4.57 Å². The highest BCUT2D eigenvalue weighted by Crippen LogP contribution is 2.41. The van der Waals surface area contributed by atoms with E-state index in [2.05, 4.69) is 258 Å². The summed E-state index contributed by atoms with van der Waals surface area (Å²) in [7, 11) is -2.73. The van der Waals surface area contributed by atoms with E-state index in [4.69, 9.17) is 4.42 Å². The van der Waals surface area contributed by atoms with Crippen LogP contribution in [0.5, 0.6) is 0 Å². The van der Waals surface area contributed by atoms with Crippen molar-refractivity contribution in [2.45, 2.75) is 0 Å². The summed E-state index contributed by atoms with van der Waals surface area (Å²) in [6, 6.07) is 93.4.